The fourth-order valence-corrected chi connectivity index (χ4v) is 3.21. The van der Waals surface area contributed by atoms with E-state index < -0.39 is 0 Å². The summed E-state index contributed by atoms with van der Waals surface area (Å²) in [5, 5.41) is 0. The highest BCUT2D eigenvalue weighted by Gasteiger charge is 2.16. The Bertz CT molecular complexity index is 308. The van der Waals surface area contributed by atoms with Crippen LogP contribution in [-0.4, -0.2) is 23.0 Å². The van der Waals surface area contributed by atoms with Crippen LogP contribution in [0.3, 0.4) is 0 Å². The molecule has 0 bridgehead atoms. The van der Waals surface area contributed by atoms with E-state index in [1.165, 1.54) is 24.3 Å². The minimum Gasteiger partial charge on any atom is -0.449 e. The lowest BCUT2D eigenvalue weighted by molar-refractivity contribution is 0.426. The predicted molar refractivity (Wildman–Crippen MR) is 67.6 cm³/mol. The molecule has 2 heterocycles. The van der Waals surface area contributed by atoms with Crippen LogP contribution in [0.1, 0.15) is 30.8 Å². The molecule has 16 heavy (non-hydrogen) atoms. The Hall–Kier alpha value is -0.480. The maximum absolute atomic E-state index is 5.50. The molecule has 2 N–H and O–H groups in total. The van der Waals surface area contributed by atoms with Gasteiger partial charge in [-0.3, -0.25) is 0 Å². The van der Waals surface area contributed by atoms with Gasteiger partial charge in [0, 0.05) is 6.42 Å². The van der Waals surface area contributed by atoms with Crippen molar-refractivity contribution < 1.29 is 4.42 Å². The lowest BCUT2D eigenvalue weighted by Gasteiger charge is -2.19. The highest BCUT2D eigenvalue weighted by Crippen LogP contribution is 2.25. The van der Waals surface area contributed by atoms with E-state index >= 15 is 0 Å². The minimum absolute atomic E-state index is 0.724. The van der Waals surface area contributed by atoms with Crippen molar-refractivity contribution in [3.05, 3.63) is 17.8 Å². The van der Waals surface area contributed by atoms with E-state index in [2.05, 4.69) is 16.7 Å². The number of hydrogen-bond donors (Lipinski definition) is 1. The Morgan fingerprint density at radius 3 is 3.25 bits per heavy atom. The molecule has 2 rings (SSSR count). The molecule has 0 aliphatic carbocycles. The maximum atomic E-state index is 5.50. The molecule has 0 spiro atoms. The van der Waals surface area contributed by atoms with Crippen molar-refractivity contribution in [1.82, 2.24) is 4.98 Å². The number of nitrogens with two attached hydrogens (primary N) is 1. The van der Waals surface area contributed by atoms with Crippen molar-refractivity contribution in [3.8, 4) is 0 Å². The van der Waals surface area contributed by atoms with E-state index in [1.807, 2.05) is 0 Å². The Morgan fingerprint density at radius 1 is 1.56 bits per heavy atom. The molecule has 0 radical (unpaired) electrons. The average molecular weight is 240 g/mol. The van der Waals surface area contributed by atoms with Crippen LogP contribution < -0.4 is 5.73 Å². The first-order chi connectivity index (χ1) is 7.88. The minimum atomic E-state index is 0.724. The molecule has 1 aromatic rings. The number of rotatable bonds is 5. The van der Waals surface area contributed by atoms with Gasteiger partial charge in [-0.25, -0.2) is 4.98 Å². The molecule has 4 heteroatoms. The molecule has 0 saturated carbocycles. The summed E-state index contributed by atoms with van der Waals surface area (Å²) in [6, 6.07) is 0. The zero-order valence-electron chi connectivity index (χ0n) is 9.65. The van der Waals surface area contributed by atoms with E-state index in [0.29, 0.717) is 0 Å². The number of nitrogens with zero attached hydrogens (tertiary/aromatic N) is 1. The smallest absolute Gasteiger partial charge is 0.194 e. The summed E-state index contributed by atoms with van der Waals surface area (Å²) < 4.78 is 5.50. The predicted octanol–water partition coefficient (Wildman–Crippen LogP) is 2.25. The number of oxazole rings is 1. The van der Waals surface area contributed by atoms with Crippen molar-refractivity contribution in [2.24, 2.45) is 11.7 Å². The van der Waals surface area contributed by atoms with Gasteiger partial charge in [-0.1, -0.05) is 0 Å². The molecule has 1 aliphatic rings. The van der Waals surface area contributed by atoms with Crippen LogP contribution in [0, 0.1) is 5.92 Å². The average Bonchev–Trinajstić information content (AvgIpc) is 2.75. The molecule has 0 amide bonds. The van der Waals surface area contributed by atoms with Gasteiger partial charge in [0.1, 0.15) is 6.26 Å². The normalized spacial score (nSPS) is 21.2. The van der Waals surface area contributed by atoms with Crippen LogP contribution in [0.5, 0.6) is 0 Å². The van der Waals surface area contributed by atoms with Crippen LogP contribution in [0.2, 0.25) is 0 Å². The lowest BCUT2D eigenvalue weighted by atomic mass is 10.0. The van der Waals surface area contributed by atoms with Crippen molar-refractivity contribution in [2.45, 2.75) is 32.1 Å². The highest BCUT2D eigenvalue weighted by atomic mass is 32.2. The molecule has 1 atom stereocenters. The van der Waals surface area contributed by atoms with Crippen molar-refractivity contribution in [2.75, 3.05) is 18.1 Å². The van der Waals surface area contributed by atoms with Crippen LogP contribution in [0.15, 0.2) is 10.7 Å². The molecule has 3 nitrogen and oxygen atoms in total. The molecule has 90 valence electrons. The fraction of sp³-hybridized carbons (Fsp3) is 0.750. The number of thioether (sulfide) groups is 1. The maximum Gasteiger partial charge on any atom is 0.194 e. The molecule has 1 unspecified atom stereocenters. The van der Waals surface area contributed by atoms with Crippen molar-refractivity contribution >= 4 is 11.8 Å². The molecule has 0 aromatic carbocycles. The Kier molecular flexibility index (Phi) is 4.72. The third-order valence-corrected chi connectivity index (χ3v) is 4.24. The molecule has 1 aromatic heterocycles. The second-order valence-corrected chi connectivity index (χ2v) is 5.56. The second kappa shape index (κ2) is 6.30. The largest absolute Gasteiger partial charge is 0.449 e. The fourth-order valence-electron chi connectivity index (χ4n) is 2.06. The Balaban J connectivity index is 1.81. The van der Waals surface area contributed by atoms with E-state index in [4.69, 9.17) is 10.2 Å². The summed E-state index contributed by atoms with van der Waals surface area (Å²) in [6.07, 6.45) is 7.41. The first-order valence-corrected chi connectivity index (χ1v) is 7.25. The Morgan fingerprint density at radius 2 is 2.50 bits per heavy atom. The summed E-state index contributed by atoms with van der Waals surface area (Å²) in [5.74, 6) is 4.27. The van der Waals surface area contributed by atoms with E-state index in [9.17, 15) is 0 Å². The Labute approximate surface area is 101 Å². The van der Waals surface area contributed by atoms with Crippen molar-refractivity contribution in [1.29, 1.82) is 0 Å². The van der Waals surface area contributed by atoms with Crippen LogP contribution >= 0.6 is 11.8 Å². The van der Waals surface area contributed by atoms with Gasteiger partial charge in [-0.2, -0.15) is 11.8 Å². The molecule has 1 fully saturated rings. The molecular weight excluding hydrogens is 220 g/mol. The summed E-state index contributed by atoms with van der Waals surface area (Å²) in [4.78, 5) is 4.51. The molecular formula is C12H20N2OS. The van der Waals surface area contributed by atoms with Gasteiger partial charge in [0.25, 0.3) is 0 Å². The SMILES string of the molecule is NCCCc1coc(CC2CCCSC2)n1. The number of aryl methyl sites for hydroxylation is 1. The standard InChI is InChI=1S/C12H20N2OS/c13-5-1-4-11-8-15-12(14-11)7-10-3-2-6-16-9-10/h8,10H,1-7,9,13H2. The topological polar surface area (TPSA) is 52.0 Å². The quantitative estimate of drug-likeness (QED) is 0.857. The van der Waals surface area contributed by atoms with Gasteiger partial charge in [-0.05, 0) is 49.7 Å². The van der Waals surface area contributed by atoms with E-state index in [0.717, 1.165) is 43.3 Å². The lowest BCUT2D eigenvalue weighted by Crippen LogP contribution is -2.13. The number of aromatic nitrogens is 1. The number of hydrogen-bond acceptors (Lipinski definition) is 4. The van der Waals surface area contributed by atoms with Gasteiger partial charge in [0.15, 0.2) is 5.89 Å². The third kappa shape index (κ3) is 3.52. The van der Waals surface area contributed by atoms with Crippen LogP contribution in [0.25, 0.3) is 0 Å². The summed E-state index contributed by atoms with van der Waals surface area (Å²) in [6.45, 7) is 0.724. The van der Waals surface area contributed by atoms with Crippen LogP contribution in [0.4, 0.5) is 0 Å². The summed E-state index contributed by atoms with van der Waals surface area (Å²) in [7, 11) is 0. The van der Waals surface area contributed by atoms with Gasteiger partial charge in [0.05, 0.1) is 5.69 Å². The van der Waals surface area contributed by atoms with Gasteiger partial charge in [-0.15, -0.1) is 0 Å². The van der Waals surface area contributed by atoms with Gasteiger partial charge in [0.2, 0.25) is 0 Å². The monoisotopic (exact) mass is 240 g/mol. The first-order valence-electron chi connectivity index (χ1n) is 6.09. The first kappa shape index (κ1) is 12.0. The van der Waals surface area contributed by atoms with Gasteiger partial charge < -0.3 is 10.2 Å². The highest BCUT2D eigenvalue weighted by molar-refractivity contribution is 7.99. The van der Waals surface area contributed by atoms with Crippen molar-refractivity contribution in [3.63, 3.8) is 0 Å². The van der Waals surface area contributed by atoms with Gasteiger partial charge >= 0.3 is 0 Å². The summed E-state index contributed by atoms with van der Waals surface area (Å²) in [5.41, 5.74) is 6.53. The summed E-state index contributed by atoms with van der Waals surface area (Å²) >= 11 is 2.06. The second-order valence-electron chi connectivity index (χ2n) is 4.41. The molecule has 1 aliphatic heterocycles. The van der Waals surface area contributed by atoms with E-state index in [-0.39, 0.29) is 0 Å². The zero-order chi connectivity index (χ0) is 11.2. The zero-order valence-corrected chi connectivity index (χ0v) is 10.5. The van der Waals surface area contributed by atoms with E-state index in [1.54, 1.807) is 6.26 Å². The third-order valence-electron chi connectivity index (χ3n) is 2.95. The van der Waals surface area contributed by atoms with Crippen LogP contribution in [-0.2, 0) is 12.8 Å². The molecule has 1 saturated heterocycles.